The Morgan fingerprint density at radius 2 is 1.74 bits per heavy atom. The number of carbonyl (C=O) groups is 2. The van der Waals surface area contributed by atoms with Gasteiger partial charge in [0.15, 0.2) is 5.78 Å². The topological polar surface area (TPSA) is 73.5 Å². The number of ketones is 1. The molecule has 2 rings (SSSR count). The highest BCUT2D eigenvalue weighted by atomic mass is 35.5. The van der Waals surface area contributed by atoms with Crippen LogP contribution in [0.4, 0.5) is 4.79 Å². The minimum absolute atomic E-state index is 0.0254. The molecule has 0 radical (unpaired) electrons. The third kappa shape index (κ3) is 7.05. The number of carbonyl (C=O) groups excluding carboxylic acids is 2. The summed E-state index contributed by atoms with van der Waals surface area (Å²) >= 11 is 12.1. The summed E-state index contributed by atoms with van der Waals surface area (Å²) in [5, 5.41) is 9.49. The normalized spacial score (nSPS) is 16.1. The molecule has 0 aliphatic carbocycles. The molecule has 1 fully saturated rings. The van der Waals surface area contributed by atoms with Crippen LogP contribution in [0.1, 0.15) is 18.4 Å². The number of hydrogen-bond acceptors (Lipinski definition) is 4. The first-order valence-corrected chi connectivity index (χ1v) is 9.73. The van der Waals surface area contributed by atoms with Crippen LogP contribution in [0.25, 0.3) is 5.70 Å². The third-order valence-electron chi connectivity index (χ3n) is 4.61. The van der Waals surface area contributed by atoms with Crippen molar-refractivity contribution in [3.8, 4) is 0 Å². The summed E-state index contributed by atoms with van der Waals surface area (Å²) in [5.74, 6) is 0.475. The van der Waals surface area contributed by atoms with Crippen LogP contribution < -0.4 is 16.0 Å². The second-order valence-electron chi connectivity index (χ2n) is 6.61. The van der Waals surface area contributed by atoms with Crippen molar-refractivity contribution in [1.29, 1.82) is 0 Å². The second-order valence-corrected chi connectivity index (χ2v) is 7.48. The van der Waals surface area contributed by atoms with Crippen molar-refractivity contribution in [2.24, 2.45) is 5.92 Å². The van der Waals surface area contributed by atoms with E-state index < -0.39 is 0 Å². The summed E-state index contributed by atoms with van der Waals surface area (Å²) in [7, 11) is 3.37. The van der Waals surface area contributed by atoms with Gasteiger partial charge in [-0.1, -0.05) is 23.2 Å². The Labute approximate surface area is 170 Å². The fourth-order valence-electron chi connectivity index (χ4n) is 3.11. The molecule has 1 aromatic rings. The van der Waals surface area contributed by atoms with Gasteiger partial charge in [-0.25, -0.2) is 4.79 Å². The summed E-state index contributed by atoms with van der Waals surface area (Å²) in [6.45, 7) is 2.73. The molecule has 1 heterocycles. The van der Waals surface area contributed by atoms with E-state index >= 15 is 0 Å². The largest absolute Gasteiger partial charge is 0.388 e. The predicted octanol–water partition coefficient (Wildman–Crippen LogP) is 2.76. The zero-order chi connectivity index (χ0) is 19.8. The smallest absolute Gasteiger partial charge is 0.314 e. The minimum atomic E-state index is -0.154. The second kappa shape index (κ2) is 10.5. The fourth-order valence-corrected chi connectivity index (χ4v) is 3.64. The van der Waals surface area contributed by atoms with Gasteiger partial charge in [0, 0.05) is 48.0 Å². The summed E-state index contributed by atoms with van der Waals surface area (Å²) in [4.78, 5) is 25.9. The lowest BCUT2D eigenvalue weighted by atomic mass is 9.96. The Morgan fingerprint density at radius 1 is 1.11 bits per heavy atom. The first-order chi connectivity index (χ1) is 12.9. The van der Waals surface area contributed by atoms with Crippen molar-refractivity contribution in [2.45, 2.75) is 12.8 Å². The van der Waals surface area contributed by atoms with E-state index in [1.807, 2.05) is 0 Å². The van der Waals surface area contributed by atoms with Gasteiger partial charge < -0.3 is 16.0 Å². The molecule has 148 valence electrons. The Morgan fingerprint density at radius 3 is 2.30 bits per heavy atom. The molecule has 0 unspecified atom stereocenters. The fraction of sp³-hybridized carbons (Fsp3) is 0.474. The number of likely N-dealkylation sites (tertiary alicyclic amines) is 1. The standard InChI is InChI=1S/C19H26Cl2N4O2/c1-22-18(14-7-15(20)9-16(21)8-14)10-17(26)12-25-5-3-13(4-6-25)11-24-19(27)23-2/h7-10,13,22H,3-6,11-12H2,1-2H3,(H2,23,24,27). The van der Waals surface area contributed by atoms with Crippen LogP contribution in [-0.2, 0) is 4.79 Å². The van der Waals surface area contributed by atoms with Crippen LogP contribution >= 0.6 is 23.2 Å². The van der Waals surface area contributed by atoms with Crippen LogP contribution in [0.15, 0.2) is 24.3 Å². The van der Waals surface area contributed by atoms with Crippen LogP contribution in [0.2, 0.25) is 10.0 Å². The van der Waals surface area contributed by atoms with Crippen molar-refractivity contribution < 1.29 is 9.59 Å². The van der Waals surface area contributed by atoms with Crippen LogP contribution in [0.3, 0.4) is 0 Å². The molecule has 1 aliphatic rings. The molecular weight excluding hydrogens is 387 g/mol. The van der Waals surface area contributed by atoms with Gasteiger partial charge in [0.05, 0.1) is 6.54 Å². The van der Waals surface area contributed by atoms with E-state index in [9.17, 15) is 9.59 Å². The highest BCUT2D eigenvalue weighted by Crippen LogP contribution is 2.23. The number of rotatable bonds is 7. The van der Waals surface area contributed by atoms with E-state index in [0.717, 1.165) is 31.5 Å². The quantitative estimate of drug-likeness (QED) is 0.601. The summed E-state index contributed by atoms with van der Waals surface area (Å²) in [6, 6.07) is 5.05. The first-order valence-electron chi connectivity index (χ1n) is 8.98. The molecule has 1 saturated heterocycles. The molecule has 1 aliphatic heterocycles. The van der Waals surface area contributed by atoms with Gasteiger partial charge in [0.1, 0.15) is 0 Å². The lowest BCUT2D eigenvalue weighted by Gasteiger charge is -2.31. The first kappa shape index (κ1) is 21.5. The van der Waals surface area contributed by atoms with E-state index in [1.165, 1.54) is 0 Å². The van der Waals surface area contributed by atoms with Crippen molar-refractivity contribution in [3.63, 3.8) is 0 Å². The number of piperidine rings is 1. The molecule has 2 amide bonds. The average molecular weight is 413 g/mol. The molecule has 3 N–H and O–H groups in total. The zero-order valence-electron chi connectivity index (χ0n) is 15.6. The summed E-state index contributed by atoms with van der Waals surface area (Å²) in [5.41, 5.74) is 1.47. The molecule has 0 bridgehead atoms. The van der Waals surface area contributed by atoms with Crippen molar-refractivity contribution >= 4 is 40.7 Å². The molecule has 27 heavy (non-hydrogen) atoms. The van der Waals surface area contributed by atoms with Crippen molar-refractivity contribution in [2.75, 3.05) is 40.3 Å². The lowest BCUT2D eigenvalue weighted by molar-refractivity contribution is -0.116. The number of amides is 2. The average Bonchev–Trinajstić information content (AvgIpc) is 2.64. The summed E-state index contributed by atoms with van der Waals surface area (Å²) < 4.78 is 0. The van der Waals surface area contributed by atoms with E-state index in [-0.39, 0.29) is 11.8 Å². The van der Waals surface area contributed by atoms with Crippen LogP contribution in [0, 0.1) is 5.92 Å². The molecule has 0 saturated carbocycles. The van der Waals surface area contributed by atoms with E-state index in [2.05, 4.69) is 20.9 Å². The van der Waals surface area contributed by atoms with Gasteiger partial charge in [-0.3, -0.25) is 9.69 Å². The van der Waals surface area contributed by atoms with Gasteiger partial charge in [-0.15, -0.1) is 0 Å². The lowest BCUT2D eigenvalue weighted by Crippen LogP contribution is -2.42. The molecular formula is C19H26Cl2N4O2. The van der Waals surface area contributed by atoms with Gasteiger partial charge in [0.2, 0.25) is 0 Å². The highest BCUT2D eigenvalue weighted by molar-refractivity contribution is 6.34. The van der Waals surface area contributed by atoms with E-state index in [1.54, 1.807) is 38.4 Å². The molecule has 0 aromatic heterocycles. The number of nitrogens with zero attached hydrogens (tertiary/aromatic N) is 1. The van der Waals surface area contributed by atoms with E-state index in [4.69, 9.17) is 23.2 Å². The van der Waals surface area contributed by atoms with Crippen LogP contribution in [-0.4, -0.2) is 57.0 Å². The number of halogens is 2. The van der Waals surface area contributed by atoms with Gasteiger partial charge in [0.25, 0.3) is 0 Å². The zero-order valence-corrected chi connectivity index (χ0v) is 17.2. The van der Waals surface area contributed by atoms with Crippen molar-refractivity contribution in [3.05, 3.63) is 39.9 Å². The Bertz CT molecular complexity index is 681. The maximum Gasteiger partial charge on any atom is 0.314 e. The number of benzene rings is 1. The van der Waals surface area contributed by atoms with Crippen molar-refractivity contribution in [1.82, 2.24) is 20.9 Å². The predicted molar refractivity (Wildman–Crippen MR) is 110 cm³/mol. The third-order valence-corrected chi connectivity index (χ3v) is 5.05. The monoisotopic (exact) mass is 412 g/mol. The number of hydrogen-bond donors (Lipinski definition) is 3. The molecule has 8 heteroatoms. The number of urea groups is 1. The van der Waals surface area contributed by atoms with Gasteiger partial charge >= 0.3 is 6.03 Å². The van der Waals surface area contributed by atoms with Gasteiger partial charge in [-0.05, 0) is 50.0 Å². The Kier molecular flexibility index (Phi) is 8.41. The number of nitrogens with one attached hydrogen (secondary N) is 3. The molecule has 0 spiro atoms. The maximum absolute atomic E-state index is 12.5. The Hall–Kier alpha value is -1.76. The molecule has 1 aromatic carbocycles. The van der Waals surface area contributed by atoms with Crippen LogP contribution in [0.5, 0.6) is 0 Å². The minimum Gasteiger partial charge on any atom is -0.388 e. The van der Waals surface area contributed by atoms with Gasteiger partial charge in [-0.2, -0.15) is 0 Å². The molecule has 0 atom stereocenters. The molecule has 6 nitrogen and oxygen atoms in total. The SMILES string of the molecule is CNC(=O)NCC1CCN(CC(=O)C=C(NC)c2cc(Cl)cc(Cl)c2)CC1. The Balaban J connectivity index is 1.87. The highest BCUT2D eigenvalue weighted by Gasteiger charge is 2.21. The van der Waals surface area contributed by atoms with E-state index in [0.29, 0.717) is 34.7 Å². The summed E-state index contributed by atoms with van der Waals surface area (Å²) in [6.07, 6.45) is 3.52. The maximum atomic E-state index is 12.5.